The number of aliphatic hydroxyl groups is 1. The summed E-state index contributed by atoms with van der Waals surface area (Å²) in [5.41, 5.74) is -3.14. The quantitative estimate of drug-likeness (QED) is 0.526. The lowest BCUT2D eigenvalue weighted by Crippen LogP contribution is -2.66. The van der Waals surface area contributed by atoms with Crippen molar-refractivity contribution in [2.24, 2.45) is 10.8 Å². The molecular weight excluding hydrogens is 542 g/mol. The lowest BCUT2D eigenvalue weighted by atomic mass is 9.43. The first-order valence-electron chi connectivity index (χ1n) is 13.7. The van der Waals surface area contributed by atoms with Crippen molar-refractivity contribution in [3.8, 4) is 5.88 Å². The lowest BCUT2D eigenvalue weighted by Gasteiger charge is -2.65. The standard InChI is InChI=1S/C14H19FN2O3.C8H12N2O3.C6H9FO/c1-12(2,3)20-11(18)17-5-4-10(16-17)19-9-13-6-14(15,7-13)8-13;1-8(2,3)13-7(12)10-5-4-6(11)9-10;7-6-1-5(2-6,3-6)4-8/h4-5H,6-9H2,1-3H3;4-5H,1-3H3,(H,9,11);8H,1-4H2. The van der Waals surface area contributed by atoms with Gasteiger partial charge in [-0.05, 0) is 80.1 Å². The molecule has 0 amide bonds. The minimum Gasteiger partial charge on any atom is -0.476 e. The van der Waals surface area contributed by atoms with Gasteiger partial charge in [0.15, 0.2) is 0 Å². The third-order valence-electron chi connectivity index (χ3n) is 7.35. The highest BCUT2D eigenvalue weighted by Gasteiger charge is 2.69. The Morgan fingerprint density at radius 1 is 0.902 bits per heavy atom. The normalized spacial score (nSPS) is 30.4. The Morgan fingerprint density at radius 2 is 1.41 bits per heavy atom. The van der Waals surface area contributed by atoms with Crippen molar-refractivity contribution in [2.75, 3.05) is 13.2 Å². The highest BCUT2D eigenvalue weighted by atomic mass is 19.1. The Hall–Kier alpha value is -3.22. The molecule has 6 aliphatic carbocycles. The maximum absolute atomic E-state index is 13.4. The number of carbonyl (C=O) groups excluding carboxylic acids is 2. The number of rotatable bonds is 4. The highest BCUT2D eigenvalue weighted by Crippen LogP contribution is 2.69. The Labute approximate surface area is 237 Å². The lowest BCUT2D eigenvalue weighted by molar-refractivity contribution is -0.230. The van der Waals surface area contributed by atoms with E-state index in [1.54, 1.807) is 47.6 Å². The van der Waals surface area contributed by atoms with Gasteiger partial charge in [-0.2, -0.15) is 9.36 Å². The van der Waals surface area contributed by atoms with Gasteiger partial charge in [-0.15, -0.1) is 5.10 Å². The van der Waals surface area contributed by atoms with Crippen molar-refractivity contribution >= 4 is 12.2 Å². The largest absolute Gasteiger partial charge is 0.476 e. The maximum Gasteiger partial charge on any atom is 0.435 e. The number of ether oxygens (including phenoxy) is 3. The first-order chi connectivity index (χ1) is 18.8. The van der Waals surface area contributed by atoms with Crippen molar-refractivity contribution in [3.05, 3.63) is 34.9 Å². The zero-order chi connectivity index (χ0) is 30.5. The summed E-state index contributed by atoms with van der Waals surface area (Å²) in [6, 6.07) is 2.87. The predicted octanol–water partition coefficient (Wildman–Crippen LogP) is 4.77. The van der Waals surface area contributed by atoms with E-state index in [2.05, 4.69) is 10.2 Å². The Bertz CT molecular complexity index is 1290. The molecule has 0 saturated heterocycles. The molecular formula is C28H40F2N4O7. The van der Waals surface area contributed by atoms with Gasteiger partial charge >= 0.3 is 12.2 Å². The van der Waals surface area contributed by atoms with Gasteiger partial charge in [0.2, 0.25) is 5.88 Å². The van der Waals surface area contributed by atoms with Crippen LogP contribution in [0.1, 0.15) is 80.1 Å². The molecule has 6 aliphatic rings. The molecule has 8 rings (SSSR count). The van der Waals surface area contributed by atoms with Crippen LogP contribution < -0.4 is 10.3 Å². The molecule has 0 aliphatic heterocycles. The smallest absolute Gasteiger partial charge is 0.435 e. The number of carbonyl (C=O) groups is 2. The van der Waals surface area contributed by atoms with Gasteiger partial charge < -0.3 is 19.3 Å². The van der Waals surface area contributed by atoms with E-state index in [1.807, 2.05) is 0 Å². The molecule has 228 valence electrons. The average Bonchev–Trinajstić information content (AvgIpc) is 3.40. The van der Waals surface area contributed by atoms with Crippen LogP contribution in [0.2, 0.25) is 0 Å². The summed E-state index contributed by atoms with van der Waals surface area (Å²) in [6.07, 6.45) is 5.34. The fraction of sp³-hybridized carbons (Fsp3) is 0.714. The molecule has 0 radical (unpaired) electrons. The molecule has 0 aromatic carbocycles. The summed E-state index contributed by atoms with van der Waals surface area (Å²) in [6.45, 7) is 11.3. The zero-order valence-corrected chi connectivity index (χ0v) is 24.5. The number of aromatic amines is 1. The van der Waals surface area contributed by atoms with Crippen LogP contribution in [0.3, 0.4) is 0 Å². The molecule has 2 aromatic heterocycles. The first kappa shape index (κ1) is 30.7. The molecule has 6 fully saturated rings. The fourth-order valence-electron chi connectivity index (χ4n) is 5.82. The molecule has 2 heterocycles. The van der Waals surface area contributed by atoms with E-state index < -0.39 is 34.7 Å². The predicted molar refractivity (Wildman–Crippen MR) is 143 cm³/mol. The van der Waals surface area contributed by atoms with E-state index in [9.17, 15) is 23.2 Å². The maximum atomic E-state index is 13.4. The summed E-state index contributed by atoms with van der Waals surface area (Å²) in [7, 11) is 0. The Balaban J connectivity index is 0.000000157. The van der Waals surface area contributed by atoms with E-state index in [-0.39, 0.29) is 23.0 Å². The van der Waals surface area contributed by atoms with Crippen LogP contribution in [0.5, 0.6) is 5.88 Å². The van der Waals surface area contributed by atoms with E-state index in [0.29, 0.717) is 51.0 Å². The second kappa shape index (κ2) is 10.2. The van der Waals surface area contributed by atoms with Gasteiger partial charge in [-0.3, -0.25) is 9.89 Å². The first-order valence-corrected chi connectivity index (χ1v) is 13.7. The minimum atomic E-state index is -0.917. The van der Waals surface area contributed by atoms with Crippen molar-refractivity contribution in [2.45, 2.75) is 103 Å². The van der Waals surface area contributed by atoms with Crippen LogP contribution in [-0.2, 0) is 9.47 Å². The molecule has 2 N–H and O–H groups in total. The summed E-state index contributed by atoms with van der Waals surface area (Å²) < 4.78 is 43.8. The van der Waals surface area contributed by atoms with Gasteiger partial charge in [0, 0.05) is 42.0 Å². The third-order valence-corrected chi connectivity index (χ3v) is 7.35. The van der Waals surface area contributed by atoms with Crippen LogP contribution in [-0.4, -0.2) is 72.6 Å². The molecule has 41 heavy (non-hydrogen) atoms. The highest BCUT2D eigenvalue weighted by molar-refractivity contribution is 5.70. The Kier molecular flexibility index (Phi) is 7.68. The molecule has 6 saturated carbocycles. The van der Waals surface area contributed by atoms with Crippen molar-refractivity contribution in [1.82, 2.24) is 19.6 Å². The second-order valence-corrected chi connectivity index (χ2v) is 14.0. The van der Waals surface area contributed by atoms with Gasteiger partial charge in [-0.1, -0.05) is 0 Å². The fourth-order valence-corrected chi connectivity index (χ4v) is 5.82. The summed E-state index contributed by atoms with van der Waals surface area (Å²) in [5.74, 6) is 0.369. The summed E-state index contributed by atoms with van der Waals surface area (Å²) in [5, 5.41) is 14.9. The van der Waals surface area contributed by atoms with Gasteiger partial charge in [-0.25, -0.2) is 18.4 Å². The molecule has 13 heteroatoms. The van der Waals surface area contributed by atoms with Crippen molar-refractivity contribution in [1.29, 1.82) is 0 Å². The van der Waals surface area contributed by atoms with Crippen LogP contribution in [0, 0.1) is 10.8 Å². The monoisotopic (exact) mass is 582 g/mol. The van der Waals surface area contributed by atoms with Gasteiger partial charge in [0.05, 0.1) is 6.61 Å². The van der Waals surface area contributed by atoms with E-state index >= 15 is 0 Å². The second-order valence-electron chi connectivity index (χ2n) is 14.0. The molecule has 0 atom stereocenters. The molecule has 4 bridgehead atoms. The number of H-pyrrole nitrogens is 1. The van der Waals surface area contributed by atoms with Crippen molar-refractivity contribution in [3.63, 3.8) is 0 Å². The number of alkyl halides is 2. The number of nitrogens with one attached hydrogen (secondary N) is 1. The SMILES string of the molecule is CC(C)(C)OC(=O)n1ccc(=O)[nH]1.CC(C)(C)OC(=O)n1ccc(OCC23CC(F)(C2)C3)n1.OCC12CC(F)(C1)C2. The number of halogens is 2. The molecule has 0 unspecified atom stereocenters. The van der Waals surface area contributed by atoms with Gasteiger partial charge in [0.1, 0.15) is 22.5 Å². The van der Waals surface area contributed by atoms with Crippen LogP contribution in [0.15, 0.2) is 29.3 Å². The summed E-state index contributed by atoms with van der Waals surface area (Å²) >= 11 is 0. The summed E-state index contributed by atoms with van der Waals surface area (Å²) in [4.78, 5) is 33.7. The zero-order valence-electron chi connectivity index (χ0n) is 24.5. The average molecular weight is 583 g/mol. The topological polar surface area (TPSA) is 138 Å². The number of hydrogen-bond donors (Lipinski definition) is 2. The third kappa shape index (κ3) is 7.35. The van der Waals surface area contributed by atoms with E-state index in [0.717, 1.165) is 9.36 Å². The van der Waals surface area contributed by atoms with Crippen molar-refractivity contribution < 1.29 is 37.7 Å². The number of nitrogens with zero attached hydrogens (tertiary/aromatic N) is 3. The van der Waals surface area contributed by atoms with E-state index in [4.69, 9.17) is 19.3 Å². The van der Waals surface area contributed by atoms with Crippen LogP contribution in [0.25, 0.3) is 0 Å². The van der Waals surface area contributed by atoms with Crippen LogP contribution >= 0.6 is 0 Å². The van der Waals surface area contributed by atoms with Crippen LogP contribution in [0.4, 0.5) is 18.4 Å². The minimum absolute atomic E-state index is 0.00441. The molecule has 0 spiro atoms. The molecule has 2 aromatic rings. The number of aromatic nitrogens is 4. The van der Waals surface area contributed by atoms with Gasteiger partial charge in [0.25, 0.3) is 5.56 Å². The van der Waals surface area contributed by atoms with E-state index in [1.165, 1.54) is 18.5 Å². The number of aliphatic hydroxyl groups excluding tert-OH is 1. The molecule has 11 nitrogen and oxygen atoms in total. The number of hydrogen-bond acceptors (Lipinski definition) is 8. The Morgan fingerprint density at radius 3 is 1.83 bits per heavy atom.